The first-order valence-corrected chi connectivity index (χ1v) is 8.02. The predicted octanol–water partition coefficient (Wildman–Crippen LogP) is 3.39. The van der Waals surface area contributed by atoms with Gasteiger partial charge in [-0.25, -0.2) is 4.98 Å². The zero-order chi connectivity index (χ0) is 15.2. The van der Waals surface area contributed by atoms with E-state index in [9.17, 15) is 0 Å². The van der Waals surface area contributed by atoms with Crippen LogP contribution in [0.4, 0.5) is 0 Å². The topological polar surface area (TPSA) is 39.1 Å². The van der Waals surface area contributed by atoms with Gasteiger partial charge in [-0.15, -0.1) is 0 Å². The Balaban J connectivity index is 2.31. The van der Waals surface area contributed by atoms with E-state index in [1.54, 1.807) is 0 Å². The first kappa shape index (κ1) is 15.8. The molecule has 1 heterocycles. The Hall–Kier alpha value is -1.55. The van der Waals surface area contributed by atoms with Crippen LogP contribution >= 0.6 is 0 Å². The quantitative estimate of drug-likeness (QED) is 0.757. The zero-order valence-corrected chi connectivity index (χ0v) is 13.6. The van der Waals surface area contributed by atoms with Crippen LogP contribution < -0.4 is 10.1 Å². The lowest BCUT2D eigenvalue weighted by atomic mass is 10.3. The van der Waals surface area contributed by atoms with Gasteiger partial charge in [-0.1, -0.05) is 13.8 Å². The summed E-state index contributed by atoms with van der Waals surface area (Å²) in [7, 11) is 0. The van der Waals surface area contributed by atoms with Crippen molar-refractivity contribution in [1.29, 1.82) is 0 Å². The van der Waals surface area contributed by atoms with Gasteiger partial charge in [-0.2, -0.15) is 0 Å². The highest BCUT2D eigenvalue weighted by atomic mass is 16.5. The Bertz CT molecular complexity index is 575. The number of aromatic nitrogens is 2. The van der Waals surface area contributed by atoms with Crippen LogP contribution in [0.1, 0.15) is 39.9 Å². The number of aryl methyl sites for hydroxylation is 1. The summed E-state index contributed by atoms with van der Waals surface area (Å²) in [5.74, 6) is 2.06. The van der Waals surface area contributed by atoms with Gasteiger partial charge in [0.05, 0.1) is 17.1 Å². The molecule has 2 rings (SSSR count). The molecule has 0 spiro atoms. The lowest BCUT2D eigenvalue weighted by Gasteiger charge is -2.10. The van der Waals surface area contributed by atoms with Crippen LogP contribution in [0.15, 0.2) is 18.2 Å². The van der Waals surface area contributed by atoms with Crippen molar-refractivity contribution in [2.45, 2.75) is 53.2 Å². The highest BCUT2D eigenvalue weighted by Crippen LogP contribution is 2.23. The molecule has 1 N–H and O–H groups in total. The van der Waals surface area contributed by atoms with E-state index >= 15 is 0 Å². The van der Waals surface area contributed by atoms with Crippen LogP contribution in [-0.4, -0.2) is 28.7 Å². The highest BCUT2D eigenvalue weighted by Gasteiger charge is 2.11. The number of imidazole rings is 1. The van der Waals surface area contributed by atoms with E-state index in [0.717, 1.165) is 49.6 Å². The Morgan fingerprint density at radius 3 is 2.76 bits per heavy atom. The molecule has 2 aromatic rings. The minimum atomic E-state index is 0.188. The van der Waals surface area contributed by atoms with Gasteiger partial charge in [0, 0.05) is 25.6 Å². The molecule has 0 amide bonds. The molecule has 0 bridgehead atoms. The van der Waals surface area contributed by atoms with E-state index in [-0.39, 0.29) is 6.10 Å². The number of fused-ring (bicyclic) bond motifs is 1. The smallest absolute Gasteiger partial charge is 0.121 e. The van der Waals surface area contributed by atoms with Crippen molar-refractivity contribution in [1.82, 2.24) is 14.9 Å². The van der Waals surface area contributed by atoms with Crippen molar-refractivity contribution in [3.8, 4) is 5.75 Å². The fraction of sp³-hybridized carbons (Fsp3) is 0.588. The Morgan fingerprint density at radius 2 is 2.10 bits per heavy atom. The van der Waals surface area contributed by atoms with Gasteiger partial charge < -0.3 is 14.6 Å². The molecule has 0 atom stereocenters. The Morgan fingerprint density at radius 1 is 1.29 bits per heavy atom. The third kappa shape index (κ3) is 3.97. The summed E-state index contributed by atoms with van der Waals surface area (Å²) >= 11 is 0. The number of rotatable bonds is 8. The van der Waals surface area contributed by atoms with E-state index in [1.807, 2.05) is 19.9 Å². The molecule has 0 radical (unpaired) electrons. The fourth-order valence-electron chi connectivity index (χ4n) is 2.55. The first-order valence-electron chi connectivity index (χ1n) is 8.02. The largest absolute Gasteiger partial charge is 0.491 e. The van der Waals surface area contributed by atoms with Gasteiger partial charge in [0.2, 0.25) is 0 Å². The molecule has 1 aromatic heterocycles. The molecule has 4 nitrogen and oxygen atoms in total. The standard InChI is InChI=1S/C17H27N3O/c1-5-11-20-16-8-7-14(21-13(3)4)12-15(16)19-17(20)9-10-18-6-2/h7-8,12-13,18H,5-6,9-11H2,1-4H3. The van der Waals surface area contributed by atoms with Crippen molar-refractivity contribution in [3.63, 3.8) is 0 Å². The molecule has 0 saturated heterocycles. The van der Waals surface area contributed by atoms with Gasteiger partial charge in [0.25, 0.3) is 0 Å². The van der Waals surface area contributed by atoms with Gasteiger partial charge in [0.15, 0.2) is 0 Å². The van der Waals surface area contributed by atoms with Gasteiger partial charge >= 0.3 is 0 Å². The minimum Gasteiger partial charge on any atom is -0.491 e. The maximum atomic E-state index is 5.77. The normalized spacial score (nSPS) is 11.5. The number of likely N-dealkylation sites (N-methyl/N-ethyl adjacent to an activating group) is 1. The molecule has 0 saturated carbocycles. The monoisotopic (exact) mass is 289 g/mol. The molecule has 1 aromatic carbocycles. The van der Waals surface area contributed by atoms with Crippen LogP contribution in [0.5, 0.6) is 5.75 Å². The van der Waals surface area contributed by atoms with Gasteiger partial charge in [-0.3, -0.25) is 0 Å². The molecule has 4 heteroatoms. The van der Waals surface area contributed by atoms with Crippen molar-refractivity contribution in [3.05, 3.63) is 24.0 Å². The summed E-state index contributed by atoms with van der Waals surface area (Å²) < 4.78 is 8.11. The number of benzene rings is 1. The third-order valence-corrected chi connectivity index (χ3v) is 3.39. The van der Waals surface area contributed by atoms with Crippen LogP contribution in [-0.2, 0) is 13.0 Å². The van der Waals surface area contributed by atoms with Crippen LogP contribution in [0.2, 0.25) is 0 Å². The summed E-state index contributed by atoms with van der Waals surface area (Å²) in [6, 6.07) is 6.23. The predicted molar refractivity (Wildman–Crippen MR) is 88.0 cm³/mol. The summed E-state index contributed by atoms with van der Waals surface area (Å²) in [6.07, 6.45) is 2.26. The number of nitrogens with zero attached hydrogens (tertiary/aromatic N) is 2. The van der Waals surface area contributed by atoms with Crippen molar-refractivity contribution in [2.75, 3.05) is 13.1 Å². The fourth-order valence-corrected chi connectivity index (χ4v) is 2.55. The SMILES string of the molecule is CCCn1c(CCNCC)nc2cc(OC(C)C)ccc21. The maximum absolute atomic E-state index is 5.77. The highest BCUT2D eigenvalue weighted by molar-refractivity contribution is 5.77. The van der Waals surface area contributed by atoms with Crippen molar-refractivity contribution in [2.24, 2.45) is 0 Å². The van der Waals surface area contributed by atoms with Gasteiger partial charge in [-0.05, 0) is 38.9 Å². The molecule has 116 valence electrons. The average Bonchev–Trinajstić information content (AvgIpc) is 2.76. The second kappa shape index (κ2) is 7.46. The number of hydrogen-bond donors (Lipinski definition) is 1. The second-order valence-electron chi connectivity index (χ2n) is 5.60. The van der Waals surface area contributed by atoms with Crippen molar-refractivity contribution < 1.29 is 4.74 Å². The second-order valence-corrected chi connectivity index (χ2v) is 5.60. The lowest BCUT2D eigenvalue weighted by molar-refractivity contribution is 0.242. The number of hydrogen-bond acceptors (Lipinski definition) is 3. The maximum Gasteiger partial charge on any atom is 0.121 e. The summed E-state index contributed by atoms with van der Waals surface area (Å²) in [6.45, 7) is 11.4. The molecule has 21 heavy (non-hydrogen) atoms. The molecule has 0 unspecified atom stereocenters. The van der Waals surface area contributed by atoms with E-state index in [1.165, 1.54) is 5.52 Å². The molecular formula is C17H27N3O. The molecular weight excluding hydrogens is 262 g/mol. The first-order chi connectivity index (χ1) is 10.2. The van der Waals surface area contributed by atoms with Gasteiger partial charge in [0.1, 0.15) is 11.6 Å². The summed E-state index contributed by atoms with van der Waals surface area (Å²) in [5.41, 5.74) is 2.24. The van der Waals surface area contributed by atoms with Crippen LogP contribution in [0, 0.1) is 0 Å². The van der Waals surface area contributed by atoms with Crippen LogP contribution in [0.3, 0.4) is 0 Å². The zero-order valence-electron chi connectivity index (χ0n) is 13.6. The minimum absolute atomic E-state index is 0.188. The Labute approximate surface area is 127 Å². The number of nitrogens with one attached hydrogen (secondary N) is 1. The molecule has 0 fully saturated rings. The molecule has 0 aliphatic heterocycles. The summed E-state index contributed by atoms with van der Waals surface area (Å²) in [5, 5.41) is 3.37. The van der Waals surface area contributed by atoms with Crippen molar-refractivity contribution >= 4 is 11.0 Å². The average molecular weight is 289 g/mol. The number of ether oxygens (including phenoxy) is 1. The Kier molecular flexibility index (Phi) is 5.62. The van der Waals surface area contributed by atoms with E-state index in [2.05, 4.69) is 35.9 Å². The molecule has 0 aliphatic rings. The third-order valence-electron chi connectivity index (χ3n) is 3.39. The van der Waals surface area contributed by atoms with E-state index < -0.39 is 0 Å². The summed E-state index contributed by atoms with van der Waals surface area (Å²) in [4.78, 5) is 4.81. The van der Waals surface area contributed by atoms with Crippen LogP contribution in [0.25, 0.3) is 11.0 Å². The lowest BCUT2D eigenvalue weighted by Crippen LogP contribution is -2.18. The molecule has 0 aliphatic carbocycles. The van der Waals surface area contributed by atoms with E-state index in [0.29, 0.717) is 0 Å². The van der Waals surface area contributed by atoms with E-state index in [4.69, 9.17) is 9.72 Å².